The lowest BCUT2D eigenvalue weighted by atomic mass is 10.00. The second-order valence-electron chi connectivity index (χ2n) is 5.57. The number of piperidine rings is 1. The molecule has 0 atom stereocenters. The summed E-state index contributed by atoms with van der Waals surface area (Å²) < 4.78 is 26.7. The number of aliphatic hydroxyl groups excluding tert-OH is 1. The van der Waals surface area contributed by atoms with E-state index in [1.165, 1.54) is 10.4 Å². The number of nitrogens with zero attached hydrogens (tertiary/aromatic N) is 1. The van der Waals surface area contributed by atoms with Crippen molar-refractivity contribution in [3.05, 3.63) is 23.8 Å². The number of rotatable bonds is 3. The van der Waals surface area contributed by atoms with Crippen molar-refractivity contribution in [3.8, 4) is 0 Å². The van der Waals surface area contributed by atoms with Crippen LogP contribution in [0.15, 0.2) is 23.1 Å². The van der Waals surface area contributed by atoms with E-state index in [9.17, 15) is 13.2 Å². The quantitative estimate of drug-likeness (QED) is 0.855. The van der Waals surface area contributed by atoms with Crippen molar-refractivity contribution in [1.29, 1.82) is 0 Å². The number of anilines is 1. The molecule has 6 nitrogen and oxygen atoms in total. The van der Waals surface area contributed by atoms with Crippen LogP contribution in [0.5, 0.6) is 0 Å². The van der Waals surface area contributed by atoms with E-state index in [0.717, 1.165) is 5.56 Å². The fourth-order valence-electron chi connectivity index (χ4n) is 2.85. The second kappa shape index (κ2) is 5.40. The molecule has 114 valence electrons. The maximum absolute atomic E-state index is 12.6. The summed E-state index contributed by atoms with van der Waals surface area (Å²) in [5.41, 5.74) is 1.42. The van der Waals surface area contributed by atoms with E-state index in [0.29, 0.717) is 31.6 Å². The van der Waals surface area contributed by atoms with Gasteiger partial charge in [0.25, 0.3) is 0 Å². The summed E-state index contributed by atoms with van der Waals surface area (Å²) in [6.07, 6.45) is 1.59. The molecule has 0 aliphatic carbocycles. The Labute approximate surface area is 123 Å². The third-order valence-corrected chi connectivity index (χ3v) is 6.07. The van der Waals surface area contributed by atoms with Crippen LogP contribution in [0.25, 0.3) is 0 Å². The van der Waals surface area contributed by atoms with Gasteiger partial charge < -0.3 is 10.4 Å². The lowest BCUT2D eigenvalue weighted by Crippen LogP contribution is -2.39. The van der Waals surface area contributed by atoms with Gasteiger partial charge in [-0.25, -0.2) is 8.42 Å². The highest BCUT2D eigenvalue weighted by molar-refractivity contribution is 7.89. The molecule has 0 saturated carbocycles. The molecule has 2 aliphatic heterocycles. The molecule has 2 N–H and O–H groups in total. The number of carbonyl (C=O) groups is 1. The van der Waals surface area contributed by atoms with Crippen molar-refractivity contribution < 1.29 is 18.3 Å². The van der Waals surface area contributed by atoms with Gasteiger partial charge in [0.2, 0.25) is 15.9 Å². The van der Waals surface area contributed by atoms with Crippen molar-refractivity contribution in [2.75, 3.05) is 25.0 Å². The molecule has 0 bridgehead atoms. The summed E-state index contributed by atoms with van der Waals surface area (Å²) in [7, 11) is -3.52. The van der Waals surface area contributed by atoms with Crippen LogP contribution in [0.4, 0.5) is 5.69 Å². The van der Waals surface area contributed by atoms with Crippen molar-refractivity contribution in [3.63, 3.8) is 0 Å². The van der Waals surface area contributed by atoms with E-state index in [1.807, 2.05) is 0 Å². The number of amides is 1. The largest absolute Gasteiger partial charge is 0.396 e. The lowest BCUT2D eigenvalue weighted by Gasteiger charge is -2.30. The zero-order chi connectivity index (χ0) is 15.0. The SMILES string of the molecule is O=C1Cc2cc(S(=O)(=O)N3CCC(CO)CC3)ccc2N1. The molecule has 2 heterocycles. The first-order valence-corrected chi connectivity index (χ1v) is 8.48. The molecule has 1 amide bonds. The van der Waals surface area contributed by atoms with Crippen molar-refractivity contribution in [2.24, 2.45) is 5.92 Å². The smallest absolute Gasteiger partial charge is 0.243 e. The van der Waals surface area contributed by atoms with Crippen LogP contribution < -0.4 is 5.32 Å². The zero-order valence-electron chi connectivity index (χ0n) is 11.6. The van der Waals surface area contributed by atoms with Gasteiger partial charge in [0.05, 0.1) is 11.3 Å². The Bertz CT molecular complexity index is 664. The van der Waals surface area contributed by atoms with Crippen LogP contribution in [0.1, 0.15) is 18.4 Å². The summed E-state index contributed by atoms with van der Waals surface area (Å²) in [5.74, 6) is 0.0848. The first-order valence-electron chi connectivity index (χ1n) is 7.04. The Morgan fingerprint density at radius 2 is 2.00 bits per heavy atom. The fraction of sp³-hybridized carbons (Fsp3) is 0.500. The summed E-state index contributed by atoms with van der Waals surface area (Å²) in [5, 5.41) is 11.8. The van der Waals surface area contributed by atoms with E-state index in [1.54, 1.807) is 12.1 Å². The van der Waals surface area contributed by atoms with Crippen LogP contribution in [0.2, 0.25) is 0 Å². The number of fused-ring (bicyclic) bond motifs is 1. The molecule has 0 radical (unpaired) electrons. The monoisotopic (exact) mass is 310 g/mol. The van der Waals surface area contributed by atoms with Gasteiger partial charge in [0.15, 0.2) is 0 Å². The minimum atomic E-state index is -3.52. The Hall–Kier alpha value is -1.44. The highest BCUT2D eigenvalue weighted by Crippen LogP contribution is 2.29. The molecule has 0 spiro atoms. The maximum atomic E-state index is 12.6. The Kier molecular flexibility index (Phi) is 3.73. The maximum Gasteiger partial charge on any atom is 0.243 e. The third kappa shape index (κ3) is 2.68. The Balaban J connectivity index is 1.83. The van der Waals surface area contributed by atoms with Gasteiger partial charge in [-0.15, -0.1) is 0 Å². The van der Waals surface area contributed by atoms with Crippen LogP contribution in [0.3, 0.4) is 0 Å². The molecule has 1 aromatic rings. The summed E-state index contributed by atoms with van der Waals surface area (Å²) in [6.45, 7) is 0.976. The molecular weight excluding hydrogens is 292 g/mol. The minimum Gasteiger partial charge on any atom is -0.396 e. The number of hydrogen-bond acceptors (Lipinski definition) is 4. The summed E-state index contributed by atoms with van der Waals surface area (Å²) in [6, 6.07) is 4.77. The Morgan fingerprint density at radius 1 is 1.29 bits per heavy atom. The van der Waals surface area contributed by atoms with E-state index >= 15 is 0 Å². The molecule has 21 heavy (non-hydrogen) atoms. The molecule has 3 rings (SSSR count). The summed E-state index contributed by atoms with van der Waals surface area (Å²) >= 11 is 0. The van der Waals surface area contributed by atoms with Gasteiger partial charge in [0.1, 0.15) is 0 Å². The van der Waals surface area contributed by atoms with Crippen molar-refractivity contribution >= 4 is 21.6 Å². The van der Waals surface area contributed by atoms with Crippen LogP contribution >= 0.6 is 0 Å². The molecule has 1 aromatic carbocycles. The zero-order valence-corrected chi connectivity index (χ0v) is 12.4. The molecular formula is C14H18N2O4S. The van der Waals surface area contributed by atoms with Crippen LogP contribution in [-0.2, 0) is 21.2 Å². The molecule has 1 fully saturated rings. The highest BCUT2D eigenvalue weighted by Gasteiger charge is 2.30. The van der Waals surface area contributed by atoms with Crippen molar-refractivity contribution in [1.82, 2.24) is 4.31 Å². The van der Waals surface area contributed by atoms with Gasteiger partial charge in [-0.05, 0) is 42.5 Å². The number of carbonyl (C=O) groups excluding carboxylic acids is 1. The second-order valence-corrected chi connectivity index (χ2v) is 7.51. The number of sulfonamides is 1. The Morgan fingerprint density at radius 3 is 2.67 bits per heavy atom. The van der Waals surface area contributed by atoms with E-state index in [2.05, 4.69) is 5.32 Å². The average molecular weight is 310 g/mol. The predicted molar refractivity (Wildman–Crippen MR) is 77.3 cm³/mol. The normalized spacial score (nSPS) is 20.3. The lowest BCUT2D eigenvalue weighted by molar-refractivity contribution is -0.115. The molecule has 0 aromatic heterocycles. The number of benzene rings is 1. The highest BCUT2D eigenvalue weighted by atomic mass is 32.2. The van der Waals surface area contributed by atoms with Crippen molar-refractivity contribution in [2.45, 2.75) is 24.2 Å². The number of aliphatic hydroxyl groups is 1. The van der Waals surface area contributed by atoms with Crippen LogP contribution in [-0.4, -0.2) is 43.4 Å². The topological polar surface area (TPSA) is 86.7 Å². The fourth-order valence-corrected chi connectivity index (χ4v) is 4.37. The molecule has 0 unspecified atom stereocenters. The third-order valence-electron chi connectivity index (χ3n) is 4.17. The molecule has 1 saturated heterocycles. The average Bonchev–Trinajstić information content (AvgIpc) is 2.86. The molecule has 7 heteroatoms. The standard InChI is InChI=1S/C14H18N2O4S/c17-9-10-3-5-16(6-4-10)21(19,20)12-1-2-13-11(7-12)8-14(18)15-13/h1-2,7,10,17H,3-6,8-9H2,(H,15,18). The number of hydrogen-bond donors (Lipinski definition) is 2. The first kappa shape index (κ1) is 14.5. The first-order chi connectivity index (χ1) is 10.0. The van der Waals surface area contributed by atoms with E-state index < -0.39 is 10.0 Å². The van der Waals surface area contributed by atoms with Gasteiger partial charge in [-0.2, -0.15) is 4.31 Å². The predicted octanol–water partition coefficient (Wildman–Crippen LogP) is 0.574. The summed E-state index contributed by atoms with van der Waals surface area (Å²) in [4.78, 5) is 11.6. The van der Waals surface area contributed by atoms with Crippen LogP contribution in [0, 0.1) is 5.92 Å². The van der Waals surface area contributed by atoms with Gasteiger partial charge >= 0.3 is 0 Å². The molecule has 2 aliphatic rings. The minimum absolute atomic E-state index is 0.108. The van der Waals surface area contributed by atoms with E-state index in [4.69, 9.17) is 5.11 Å². The van der Waals surface area contributed by atoms with Gasteiger partial charge in [-0.1, -0.05) is 0 Å². The van der Waals surface area contributed by atoms with Gasteiger partial charge in [-0.3, -0.25) is 4.79 Å². The number of nitrogens with one attached hydrogen (secondary N) is 1. The van der Waals surface area contributed by atoms with E-state index in [-0.39, 0.29) is 29.7 Å². The van der Waals surface area contributed by atoms with Gasteiger partial charge in [0, 0.05) is 25.4 Å².